The average molecular weight is 451 g/mol. The van der Waals surface area contributed by atoms with Gasteiger partial charge in [0.15, 0.2) is 0 Å². The van der Waals surface area contributed by atoms with Crippen molar-refractivity contribution in [3.63, 3.8) is 0 Å². The van der Waals surface area contributed by atoms with Crippen molar-refractivity contribution in [3.8, 4) is 11.8 Å². The summed E-state index contributed by atoms with van der Waals surface area (Å²) in [5.41, 5.74) is 1.42. The minimum Gasteiger partial charge on any atom is -0.507 e. The molecule has 0 spiro atoms. The van der Waals surface area contributed by atoms with Crippen molar-refractivity contribution in [3.05, 3.63) is 74.3 Å². The number of rotatable bonds is 5. The third kappa shape index (κ3) is 5.58. The molecule has 0 saturated heterocycles. The lowest BCUT2D eigenvalue weighted by atomic mass is 9.77. The van der Waals surface area contributed by atoms with Gasteiger partial charge in [-0.15, -0.1) is 0 Å². The summed E-state index contributed by atoms with van der Waals surface area (Å²) in [4.78, 5) is 23.3. The van der Waals surface area contributed by atoms with Gasteiger partial charge in [-0.3, -0.25) is 10.1 Å². The van der Waals surface area contributed by atoms with Gasteiger partial charge in [0.2, 0.25) is 0 Å². The molecule has 0 heterocycles. The number of benzene rings is 2. The van der Waals surface area contributed by atoms with Crippen LogP contribution in [0.4, 0.5) is 5.69 Å². The van der Waals surface area contributed by atoms with Crippen LogP contribution in [0.2, 0.25) is 0 Å². The topological polar surface area (TPSA) is 113 Å². The molecule has 0 fully saturated rings. The van der Waals surface area contributed by atoms with Crippen LogP contribution in [0.25, 0.3) is 5.57 Å². The van der Waals surface area contributed by atoms with Gasteiger partial charge < -0.3 is 9.84 Å². The summed E-state index contributed by atoms with van der Waals surface area (Å²) in [5, 5.41) is 32.1. The van der Waals surface area contributed by atoms with Crippen LogP contribution in [-0.4, -0.2) is 22.6 Å². The molecule has 0 aliphatic carbocycles. The maximum atomic E-state index is 12.7. The van der Waals surface area contributed by atoms with Crippen molar-refractivity contribution in [2.75, 3.05) is 6.61 Å². The van der Waals surface area contributed by atoms with Gasteiger partial charge in [0, 0.05) is 28.8 Å². The Bertz CT molecular complexity index is 1110. The highest BCUT2D eigenvalue weighted by molar-refractivity contribution is 6.05. The van der Waals surface area contributed by atoms with Gasteiger partial charge in [0.05, 0.1) is 11.5 Å². The van der Waals surface area contributed by atoms with Gasteiger partial charge >= 0.3 is 5.97 Å². The zero-order valence-corrected chi connectivity index (χ0v) is 20.1. The maximum Gasteiger partial charge on any atom is 0.349 e. The predicted molar refractivity (Wildman–Crippen MR) is 127 cm³/mol. The smallest absolute Gasteiger partial charge is 0.349 e. The van der Waals surface area contributed by atoms with E-state index in [1.807, 2.05) is 47.6 Å². The normalized spacial score (nSPS) is 12.5. The van der Waals surface area contributed by atoms with Crippen LogP contribution in [0, 0.1) is 21.4 Å². The summed E-state index contributed by atoms with van der Waals surface area (Å²) < 4.78 is 5.12. The van der Waals surface area contributed by atoms with Crippen LogP contribution in [-0.2, 0) is 20.4 Å². The van der Waals surface area contributed by atoms with E-state index in [4.69, 9.17) is 4.74 Å². The lowest BCUT2D eigenvalue weighted by Gasteiger charge is -2.29. The Kier molecular flexibility index (Phi) is 7.33. The average Bonchev–Trinajstić information content (AvgIpc) is 2.70. The van der Waals surface area contributed by atoms with E-state index in [0.717, 1.165) is 0 Å². The van der Waals surface area contributed by atoms with Crippen molar-refractivity contribution in [2.24, 2.45) is 0 Å². The lowest BCUT2D eigenvalue weighted by molar-refractivity contribution is -0.384. The third-order valence-corrected chi connectivity index (χ3v) is 5.22. The molecule has 7 nitrogen and oxygen atoms in total. The first-order valence-electron chi connectivity index (χ1n) is 10.7. The number of hydrogen-bond donors (Lipinski definition) is 1. The van der Waals surface area contributed by atoms with Crippen LogP contribution in [0.3, 0.4) is 0 Å². The largest absolute Gasteiger partial charge is 0.507 e. The molecule has 2 aromatic carbocycles. The summed E-state index contributed by atoms with van der Waals surface area (Å²) in [5.74, 6) is -0.618. The van der Waals surface area contributed by atoms with E-state index in [1.54, 1.807) is 19.1 Å². The molecule has 0 aliphatic rings. The Labute approximate surface area is 194 Å². The van der Waals surface area contributed by atoms with Crippen molar-refractivity contribution in [1.82, 2.24) is 0 Å². The highest BCUT2D eigenvalue weighted by Gasteiger charge is 2.29. The van der Waals surface area contributed by atoms with Crippen LogP contribution < -0.4 is 0 Å². The quantitative estimate of drug-likeness (QED) is 0.203. The number of phenols is 1. The summed E-state index contributed by atoms with van der Waals surface area (Å²) in [6.07, 6.45) is 0. The molecule has 7 heteroatoms. The monoisotopic (exact) mass is 450 g/mol. The van der Waals surface area contributed by atoms with E-state index in [9.17, 15) is 25.3 Å². The molecule has 0 atom stereocenters. The zero-order chi connectivity index (χ0) is 25.1. The minimum absolute atomic E-state index is 0.0909. The summed E-state index contributed by atoms with van der Waals surface area (Å²) in [6.45, 7) is 13.5. The molecule has 33 heavy (non-hydrogen) atoms. The van der Waals surface area contributed by atoms with Gasteiger partial charge in [-0.05, 0) is 53.1 Å². The van der Waals surface area contributed by atoms with E-state index >= 15 is 0 Å². The molecule has 0 saturated carbocycles. The fraction of sp³-hybridized carbons (Fsp3) is 0.385. The second-order valence-corrected chi connectivity index (χ2v) is 9.81. The lowest BCUT2D eigenvalue weighted by Crippen LogP contribution is -2.18. The van der Waals surface area contributed by atoms with Gasteiger partial charge in [-0.1, -0.05) is 41.5 Å². The highest BCUT2D eigenvalue weighted by Crippen LogP contribution is 2.42. The molecule has 0 bridgehead atoms. The van der Waals surface area contributed by atoms with Crippen molar-refractivity contribution in [2.45, 2.75) is 59.3 Å². The number of ether oxygens (including phenoxy) is 1. The van der Waals surface area contributed by atoms with E-state index < -0.39 is 21.7 Å². The molecule has 0 radical (unpaired) electrons. The summed E-state index contributed by atoms with van der Waals surface area (Å²) in [7, 11) is 0. The number of nitriles is 1. The molecule has 1 N–H and O–H groups in total. The molecule has 2 rings (SSSR count). The molecule has 2 aromatic rings. The molecule has 0 amide bonds. The number of carbonyl (C=O) groups is 1. The number of aromatic hydroxyl groups is 1. The minimum atomic E-state index is -0.781. The fourth-order valence-corrected chi connectivity index (χ4v) is 3.53. The van der Waals surface area contributed by atoms with Crippen LogP contribution in [0.5, 0.6) is 5.75 Å². The van der Waals surface area contributed by atoms with Crippen LogP contribution in [0.15, 0.2) is 42.0 Å². The predicted octanol–water partition coefficient (Wildman–Crippen LogP) is 5.78. The van der Waals surface area contributed by atoms with Crippen molar-refractivity contribution >= 4 is 17.2 Å². The molecular weight excluding hydrogens is 420 g/mol. The number of nitro benzene ring substituents is 1. The zero-order valence-electron chi connectivity index (χ0n) is 20.1. The Morgan fingerprint density at radius 1 is 1.03 bits per heavy atom. The first-order chi connectivity index (χ1) is 15.2. The number of nitrogens with zero attached hydrogens (tertiary/aromatic N) is 2. The maximum absolute atomic E-state index is 12.7. The molecule has 0 unspecified atom stereocenters. The summed E-state index contributed by atoms with van der Waals surface area (Å²) in [6, 6.07) is 11.1. The Hall–Kier alpha value is -3.66. The van der Waals surface area contributed by atoms with E-state index in [2.05, 4.69) is 0 Å². The van der Waals surface area contributed by atoms with Gasteiger partial charge in [0.25, 0.3) is 5.69 Å². The first-order valence-corrected chi connectivity index (χ1v) is 10.7. The number of nitro groups is 1. The fourth-order valence-electron chi connectivity index (χ4n) is 3.53. The van der Waals surface area contributed by atoms with Crippen LogP contribution in [0.1, 0.15) is 70.7 Å². The second-order valence-electron chi connectivity index (χ2n) is 9.81. The summed E-state index contributed by atoms with van der Waals surface area (Å²) >= 11 is 0. The van der Waals surface area contributed by atoms with Crippen molar-refractivity contribution < 1.29 is 19.6 Å². The Morgan fingerprint density at radius 2 is 1.52 bits per heavy atom. The molecular formula is C26H30N2O5. The first kappa shape index (κ1) is 25.6. The number of esters is 1. The molecule has 174 valence electrons. The number of phenolic OH excluding ortho intramolecular Hbond substituents is 1. The highest BCUT2D eigenvalue weighted by atomic mass is 16.6. The number of carbonyl (C=O) groups excluding carboxylic acids is 1. The molecule has 0 aromatic heterocycles. The number of non-ortho nitro benzene ring substituents is 1. The van der Waals surface area contributed by atoms with Gasteiger partial charge in [-0.25, -0.2) is 4.79 Å². The van der Waals surface area contributed by atoms with E-state index in [1.165, 1.54) is 24.3 Å². The third-order valence-electron chi connectivity index (χ3n) is 5.22. The Morgan fingerprint density at radius 3 is 1.88 bits per heavy atom. The van der Waals surface area contributed by atoms with Crippen LogP contribution >= 0.6 is 0 Å². The Balaban J connectivity index is 3.00. The van der Waals surface area contributed by atoms with E-state index in [0.29, 0.717) is 27.8 Å². The second kappa shape index (κ2) is 9.45. The SMILES string of the molecule is CCOC(=O)C(C#N)=C(c1ccc([N+](=O)[O-])cc1)c1cc(C(C)(C)C)c(O)c(C(C)(C)C)c1. The molecule has 0 aliphatic heterocycles. The standard InChI is InChI=1S/C26H30N2O5/c1-8-33-24(30)19(15-27)22(16-9-11-18(12-10-16)28(31)32)17-13-20(25(2,3)4)23(29)21(14-17)26(5,6)7/h9-14,29H,8H2,1-7H3. The van der Waals surface area contributed by atoms with E-state index in [-0.39, 0.29) is 23.6 Å². The number of hydrogen-bond acceptors (Lipinski definition) is 6. The van der Waals surface area contributed by atoms with Gasteiger partial charge in [-0.2, -0.15) is 5.26 Å². The van der Waals surface area contributed by atoms with Gasteiger partial charge in [0.1, 0.15) is 17.4 Å². The van der Waals surface area contributed by atoms with Crippen molar-refractivity contribution in [1.29, 1.82) is 5.26 Å².